The molecule has 0 aliphatic heterocycles. The third-order valence-corrected chi connectivity index (χ3v) is 4.83. The van der Waals surface area contributed by atoms with Crippen LogP contribution in [0.3, 0.4) is 0 Å². The highest BCUT2D eigenvalue weighted by Crippen LogP contribution is 2.28. The van der Waals surface area contributed by atoms with Gasteiger partial charge in [-0.3, -0.25) is 4.79 Å². The second-order valence-corrected chi connectivity index (χ2v) is 6.25. The van der Waals surface area contributed by atoms with Crippen molar-refractivity contribution < 1.29 is 4.79 Å². The second-order valence-electron chi connectivity index (χ2n) is 5.31. The normalized spacial score (nSPS) is 14.0. The summed E-state index contributed by atoms with van der Waals surface area (Å²) in [5, 5.41) is 9.11. The van der Waals surface area contributed by atoms with Gasteiger partial charge in [-0.05, 0) is 42.9 Å². The van der Waals surface area contributed by atoms with Crippen molar-refractivity contribution in [2.24, 2.45) is 12.8 Å². The van der Waals surface area contributed by atoms with Gasteiger partial charge in [0.1, 0.15) is 0 Å². The molecule has 21 heavy (non-hydrogen) atoms. The van der Waals surface area contributed by atoms with Crippen molar-refractivity contribution in [3.63, 3.8) is 0 Å². The monoisotopic (exact) mass is 302 g/mol. The Morgan fingerprint density at radius 3 is 2.81 bits per heavy atom. The molecular weight excluding hydrogens is 284 g/mol. The lowest BCUT2D eigenvalue weighted by atomic mass is 9.90. The van der Waals surface area contributed by atoms with Crippen molar-refractivity contribution in [3.05, 3.63) is 29.3 Å². The zero-order chi connectivity index (χ0) is 14.8. The molecule has 6 heteroatoms. The van der Waals surface area contributed by atoms with Gasteiger partial charge in [0.2, 0.25) is 5.91 Å². The molecule has 1 amide bonds. The van der Waals surface area contributed by atoms with Gasteiger partial charge in [-0.1, -0.05) is 23.9 Å². The number of carbonyl (C=O) groups is 1. The summed E-state index contributed by atoms with van der Waals surface area (Å²) in [7, 11) is 1.91. The Kier molecular flexibility index (Phi) is 3.96. The smallest absolute Gasteiger partial charge is 0.227 e. The molecule has 110 valence electrons. The highest BCUT2D eigenvalue weighted by atomic mass is 32.2. The van der Waals surface area contributed by atoms with Crippen molar-refractivity contribution in [3.8, 4) is 11.4 Å². The van der Waals surface area contributed by atoms with Crippen molar-refractivity contribution in [2.45, 2.75) is 30.8 Å². The lowest BCUT2D eigenvalue weighted by molar-refractivity contribution is -0.115. The lowest BCUT2D eigenvalue weighted by Crippen LogP contribution is -2.13. The van der Waals surface area contributed by atoms with Crippen LogP contribution in [-0.4, -0.2) is 26.4 Å². The van der Waals surface area contributed by atoms with E-state index >= 15 is 0 Å². The summed E-state index contributed by atoms with van der Waals surface area (Å²) in [6.45, 7) is 0. The quantitative estimate of drug-likeness (QED) is 0.876. The van der Waals surface area contributed by atoms with Crippen LogP contribution in [0.25, 0.3) is 11.4 Å². The number of amides is 1. The van der Waals surface area contributed by atoms with E-state index in [4.69, 9.17) is 5.73 Å². The molecule has 0 atom stereocenters. The summed E-state index contributed by atoms with van der Waals surface area (Å²) in [6.07, 6.45) is 4.86. The number of aryl methyl sites for hydroxylation is 2. The molecule has 0 saturated heterocycles. The first-order chi connectivity index (χ1) is 10.1. The molecule has 0 radical (unpaired) electrons. The summed E-state index contributed by atoms with van der Waals surface area (Å²) in [4.78, 5) is 10.9. The van der Waals surface area contributed by atoms with Gasteiger partial charge in [0.05, 0.1) is 5.75 Å². The van der Waals surface area contributed by atoms with E-state index in [9.17, 15) is 4.79 Å². The number of nitrogens with two attached hydrogens (primary N) is 1. The molecule has 0 fully saturated rings. The van der Waals surface area contributed by atoms with Crippen molar-refractivity contribution >= 4 is 17.7 Å². The second kappa shape index (κ2) is 5.89. The topological polar surface area (TPSA) is 73.8 Å². The van der Waals surface area contributed by atoms with Gasteiger partial charge in [0.25, 0.3) is 0 Å². The van der Waals surface area contributed by atoms with E-state index in [0.29, 0.717) is 5.16 Å². The number of aromatic nitrogens is 3. The van der Waals surface area contributed by atoms with Gasteiger partial charge in [-0.15, -0.1) is 10.2 Å². The summed E-state index contributed by atoms with van der Waals surface area (Å²) in [6, 6.07) is 6.53. The first-order valence-electron chi connectivity index (χ1n) is 7.08. The van der Waals surface area contributed by atoms with Crippen molar-refractivity contribution in [1.29, 1.82) is 0 Å². The third kappa shape index (κ3) is 2.95. The number of primary amides is 1. The fourth-order valence-electron chi connectivity index (χ4n) is 2.70. The fraction of sp³-hybridized carbons (Fsp3) is 0.400. The summed E-state index contributed by atoms with van der Waals surface area (Å²) < 4.78 is 1.91. The Labute approximate surface area is 127 Å². The minimum absolute atomic E-state index is 0.218. The molecule has 1 aromatic carbocycles. The Balaban J connectivity index is 1.88. The zero-order valence-electron chi connectivity index (χ0n) is 12.0. The van der Waals surface area contributed by atoms with Crippen molar-refractivity contribution in [2.75, 3.05) is 5.75 Å². The molecule has 2 aromatic rings. The molecule has 0 spiro atoms. The molecule has 1 heterocycles. The number of nitrogens with zero attached hydrogens (tertiary/aromatic N) is 3. The Morgan fingerprint density at radius 1 is 1.29 bits per heavy atom. The number of benzene rings is 1. The van der Waals surface area contributed by atoms with Gasteiger partial charge in [0, 0.05) is 12.6 Å². The Morgan fingerprint density at radius 2 is 2.05 bits per heavy atom. The van der Waals surface area contributed by atoms with Crippen molar-refractivity contribution in [1.82, 2.24) is 14.8 Å². The van der Waals surface area contributed by atoms with E-state index in [1.807, 2.05) is 11.6 Å². The van der Waals surface area contributed by atoms with E-state index in [0.717, 1.165) is 17.8 Å². The molecule has 1 aliphatic rings. The zero-order valence-corrected chi connectivity index (χ0v) is 12.8. The average molecular weight is 302 g/mol. The molecule has 2 N–H and O–H groups in total. The molecule has 0 saturated carbocycles. The fourth-order valence-corrected chi connectivity index (χ4v) is 3.35. The lowest BCUT2D eigenvalue weighted by Gasteiger charge is -2.16. The summed E-state index contributed by atoms with van der Waals surface area (Å²) in [5.74, 6) is 0.699. The SMILES string of the molecule is Cn1c(SCC(N)=O)nnc1-c1ccc2c(c1)CCCC2. The molecule has 0 bridgehead atoms. The number of rotatable bonds is 4. The first-order valence-corrected chi connectivity index (χ1v) is 8.06. The summed E-state index contributed by atoms with van der Waals surface area (Å²) in [5.41, 5.74) is 9.13. The van der Waals surface area contributed by atoms with Crippen LogP contribution < -0.4 is 5.73 Å². The van der Waals surface area contributed by atoms with Crippen LogP contribution in [-0.2, 0) is 24.7 Å². The number of fused-ring (bicyclic) bond motifs is 1. The van der Waals surface area contributed by atoms with E-state index in [2.05, 4.69) is 28.4 Å². The molecule has 0 unspecified atom stereocenters. The molecule has 5 nitrogen and oxygen atoms in total. The van der Waals surface area contributed by atoms with Crippen LogP contribution in [0.5, 0.6) is 0 Å². The maximum atomic E-state index is 10.9. The summed E-state index contributed by atoms with van der Waals surface area (Å²) >= 11 is 1.31. The Hall–Kier alpha value is -1.82. The number of thioether (sulfide) groups is 1. The largest absolute Gasteiger partial charge is 0.369 e. The first kappa shape index (κ1) is 14.1. The predicted octanol–water partition coefficient (Wildman–Crippen LogP) is 1.94. The van der Waals surface area contributed by atoms with Gasteiger partial charge in [0.15, 0.2) is 11.0 Å². The average Bonchev–Trinajstić information content (AvgIpc) is 2.85. The van der Waals surface area contributed by atoms with Gasteiger partial charge < -0.3 is 10.3 Å². The maximum absolute atomic E-state index is 10.9. The van der Waals surface area contributed by atoms with Gasteiger partial charge in [-0.2, -0.15) is 0 Å². The molecule has 1 aromatic heterocycles. The third-order valence-electron chi connectivity index (χ3n) is 3.79. The molecular formula is C15H18N4OS. The van der Waals surface area contributed by atoms with E-state index in [1.165, 1.54) is 42.2 Å². The molecule has 1 aliphatic carbocycles. The maximum Gasteiger partial charge on any atom is 0.227 e. The number of hydrogen-bond donors (Lipinski definition) is 1. The van der Waals surface area contributed by atoms with E-state index in [1.54, 1.807) is 0 Å². The highest BCUT2D eigenvalue weighted by Gasteiger charge is 2.15. The highest BCUT2D eigenvalue weighted by molar-refractivity contribution is 7.99. The van der Waals surface area contributed by atoms with Gasteiger partial charge in [-0.25, -0.2) is 0 Å². The standard InChI is InChI=1S/C15H18N4OS/c1-19-14(17-18-15(19)21-9-13(16)20)12-7-6-10-4-2-3-5-11(10)8-12/h6-8H,2-5,9H2,1H3,(H2,16,20). The minimum atomic E-state index is -0.349. The predicted molar refractivity (Wildman–Crippen MR) is 83.0 cm³/mol. The number of carbonyl (C=O) groups excluding carboxylic acids is 1. The number of hydrogen-bond acceptors (Lipinski definition) is 4. The van der Waals surface area contributed by atoms with Crippen LogP contribution >= 0.6 is 11.8 Å². The van der Waals surface area contributed by atoms with Crippen LogP contribution in [0.15, 0.2) is 23.4 Å². The minimum Gasteiger partial charge on any atom is -0.369 e. The van der Waals surface area contributed by atoms with Gasteiger partial charge >= 0.3 is 0 Å². The van der Waals surface area contributed by atoms with Crippen LogP contribution in [0.2, 0.25) is 0 Å². The Bertz CT molecular complexity index is 680. The van der Waals surface area contributed by atoms with Crippen LogP contribution in [0, 0.1) is 0 Å². The van der Waals surface area contributed by atoms with Crippen LogP contribution in [0.4, 0.5) is 0 Å². The molecule has 3 rings (SSSR count). The van der Waals surface area contributed by atoms with E-state index < -0.39 is 0 Å². The van der Waals surface area contributed by atoms with E-state index in [-0.39, 0.29) is 11.7 Å². The van der Waals surface area contributed by atoms with Crippen LogP contribution in [0.1, 0.15) is 24.0 Å².